The van der Waals surface area contributed by atoms with Crippen molar-refractivity contribution in [2.24, 2.45) is 0 Å². The van der Waals surface area contributed by atoms with E-state index in [-0.39, 0.29) is 11.6 Å². The molecule has 0 saturated carbocycles. The minimum absolute atomic E-state index is 0.138. The van der Waals surface area contributed by atoms with Crippen LogP contribution >= 0.6 is 34.8 Å². The molecule has 0 heterocycles. The first-order chi connectivity index (χ1) is 10.6. The lowest BCUT2D eigenvalue weighted by atomic mass is 10.2. The van der Waals surface area contributed by atoms with Crippen molar-refractivity contribution in [1.29, 1.82) is 0 Å². The van der Waals surface area contributed by atoms with Crippen LogP contribution in [0.15, 0.2) is 30.3 Å². The van der Waals surface area contributed by atoms with Gasteiger partial charge in [0.25, 0.3) is 0 Å². The smallest absolute Gasteiger partial charge is 0.180 e. The van der Waals surface area contributed by atoms with Crippen molar-refractivity contribution in [2.45, 2.75) is 13.5 Å². The Labute approximate surface area is 143 Å². The lowest BCUT2D eigenvalue weighted by Crippen LogP contribution is -2.02. The number of benzene rings is 2. The number of carbonyl (C=O) groups excluding carboxylic acids is 1. The van der Waals surface area contributed by atoms with E-state index in [0.717, 1.165) is 0 Å². The molecule has 0 bridgehead atoms. The summed E-state index contributed by atoms with van der Waals surface area (Å²) in [6.45, 7) is 2.39. The topological polar surface area (TPSA) is 35.5 Å². The van der Waals surface area contributed by atoms with Gasteiger partial charge in [0, 0.05) is 21.2 Å². The Morgan fingerprint density at radius 3 is 2.32 bits per heavy atom. The zero-order valence-electron chi connectivity index (χ0n) is 11.7. The van der Waals surface area contributed by atoms with E-state index >= 15 is 0 Å². The third-order valence-corrected chi connectivity index (χ3v) is 3.88. The van der Waals surface area contributed by atoms with Crippen LogP contribution in [-0.2, 0) is 6.61 Å². The summed E-state index contributed by atoms with van der Waals surface area (Å²) in [4.78, 5) is 10.9. The van der Waals surface area contributed by atoms with Crippen molar-refractivity contribution in [2.75, 3.05) is 6.61 Å². The van der Waals surface area contributed by atoms with Gasteiger partial charge in [0.05, 0.1) is 11.6 Å². The van der Waals surface area contributed by atoms with Crippen LogP contribution in [-0.4, -0.2) is 12.9 Å². The van der Waals surface area contributed by atoms with Gasteiger partial charge in [-0.15, -0.1) is 0 Å². The van der Waals surface area contributed by atoms with Gasteiger partial charge < -0.3 is 9.47 Å². The fourth-order valence-electron chi connectivity index (χ4n) is 1.87. The summed E-state index contributed by atoms with van der Waals surface area (Å²) < 4.78 is 11.2. The van der Waals surface area contributed by atoms with Crippen LogP contribution in [0.1, 0.15) is 22.8 Å². The summed E-state index contributed by atoms with van der Waals surface area (Å²) in [5, 5.41) is 1.30. The molecule has 0 aliphatic carbocycles. The second kappa shape index (κ2) is 7.73. The van der Waals surface area contributed by atoms with E-state index in [1.54, 1.807) is 24.3 Å². The highest BCUT2D eigenvalue weighted by Gasteiger charge is 2.14. The Morgan fingerprint density at radius 1 is 1.05 bits per heavy atom. The summed E-state index contributed by atoms with van der Waals surface area (Å²) in [6, 6.07) is 8.30. The van der Waals surface area contributed by atoms with Gasteiger partial charge in [-0.05, 0) is 31.2 Å². The minimum Gasteiger partial charge on any atom is -0.490 e. The van der Waals surface area contributed by atoms with Crippen molar-refractivity contribution in [3.05, 3.63) is 56.5 Å². The molecule has 6 heteroatoms. The Bertz CT molecular complexity index is 666. The summed E-state index contributed by atoms with van der Waals surface area (Å²) in [5.41, 5.74) is 1.07. The fraction of sp³-hybridized carbons (Fsp3) is 0.188. The molecule has 0 unspecified atom stereocenters. The van der Waals surface area contributed by atoms with Gasteiger partial charge >= 0.3 is 0 Å². The maximum absolute atomic E-state index is 10.9. The Balaban J connectivity index is 2.31. The van der Waals surface area contributed by atoms with E-state index in [9.17, 15) is 4.79 Å². The second-order valence-corrected chi connectivity index (χ2v) is 5.59. The van der Waals surface area contributed by atoms with Gasteiger partial charge in [0.1, 0.15) is 12.9 Å². The molecule has 3 nitrogen and oxygen atoms in total. The molecule has 0 aromatic heterocycles. The first kappa shape index (κ1) is 16.9. The van der Waals surface area contributed by atoms with Gasteiger partial charge in [-0.2, -0.15) is 0 Å². The number of ether oxygens (including phenoxy) is 2. The minimum atomic E-state index is 0.138. The van der Waals surface area contributed by atoms with Crippen LogP contribution in [0.3, 0.4) is 0 Å². The van der Waals surface area contributed by atoms with Crippen LogP contribution in [0.2, 0.25) is 15.1 Å². The molecule has 0 fully saturated rings. The van der Waals surface area contributed by atoms with Crippen LogP contribution in [0.4, 0.5) is 0 Å². The highest BCUT2D eigenvalue weighted by Crippen LogP contribution is 2.37. The number of hydrogen-bond acceptors (Lipinski definition) is 3. The molecule has 0 amide bonds. The van der Waals surface area contributed by atoms with E-state index in [0.29, 0.717) is 45.6 Å². The van der Waals surface area contributed by atoms with Crippen LogP contribution < -0.4 is 9.47 Å². The SMILES string of the molecule is CCOc1cc(C=O)cc(Cl)c1OCc1c(Cl)cccc1Cl. The average molecular weight is 360 g/mol. The van der Waals surface area contributed by atoms with Crippen molar-refractivity contribution >= 4 is 41.1 Å². The first-order valence-corrected chi connectivity index (χ1v) is 7.67. The molecule has 116 valence electrons. The molecule has 2 rings (SSSR count). The van der Waals surface area contributed by atoms with Gasteiger partial charge in [0.15, 0.2) is 11.5 Å². The lowest BCUT2D eigenvalue weighted by molar-refractivity contribution is 0.112. The highest BCUT2D eigenvalue weighted by atomic mass is 35.5. The largest absolute Gasteiger partial charge is 0.490 e. The molecule has 2 aromatic carbocycles. The maximum Gasteiger partial charge on any atom is 0.180 e. The summed E-state index contributed by atoms with van der Waals surface area (Å²) in [5.74, 6) is 0.755. The fourth-order valence-corrected chi connectivity index (χ4v) is 2.65. The molecule has 2 aromatic rings. The monoisotopic (exact) mass is 358 g/mol. The average Bonchev–Trinajstić information content (AvgIpc) is 2.48. The normalized spacial score (nSPS) is 10.4. The van der Waals surface area contributed by atoms with E-state index < -0.39 is 0 Å². The number of halogens is 3. The van der Waals surface area contributed by atoms with Gasteiger partial charge in [0.2, 0.25) is 0 Å². The number of carbonyl (C=O) groups is 1. The zero-order valence-corrected chi connectivity index (χ0v) is 14.0. The molecule has 0 radical (unpaired) electrons. The van der Waals surface area contributed by atoms with E-state index in [2.05, 4.69) is 0 Å². The number of rotatable bonds is 6. The summed E-state index contributed by atoms with van der Waals surface area (Å²) in [7, 11) is 0. The third-order valence-electron chi connectivity index (χ3n) is 2.89. The van der Waals surface area contributed by atoms with E-state index in [1.165, 1.54) is 6.07 Å². The van der Waals surface area contributed by atoms with E-state index in [1.807, 2.05) is 6.92 Å². The van der Waals surface area contributed by atoms with Crippen molar-refractivity contribution in [3.63, 3.8) is 0 Å². The van der Waals surface area contributed by atoms with Gasteiger partial charge in [-0.25, -0.2) is 0 Å². The molecule has 0 atom stereocenters. The third kappa shape index (κ3) is 3.86. The molecule has 0 aliphatic rings. The molecule has 22 heavy (non-hydrogen) atoms. The first-order valence-electron chi connectivity index (χ1n) is 6.54. The highest BCUT2D eigenvalue weighted by molar-refractivity contribution is 6.36. The van der Waals surface area contributed by atoms with Gasteiger partial charge in [-0.1, -0.05) is 40.9 Å². The maximum atomic E-state index is 10.9. The van der Waals surface area contributed by atoms with Gasteiger partial charge in [-0.3, -0.25) is 4.79 Å². The van der Waals surface area contributed by atoms with Crippen LogP contribution in [0.25, 0.3) is 0 Å². The van der Waals surface area contributed by atoms with Crippen LogP contribution in [0.5, 0.6) is 11.5 Å². The molecule has 0 saturated heterocycles. The quantitative estimate of drug-likeness (QED) is 0.644. The van der Waals surface area contributed by atoms with E-state index in [4.69, 9.17) is 44.3 Å². The Kier molecular flexibility index (Phi) is 5.95. The Morgan fingerprint density at radius 2 is 1.73 bits per heavy atom. The standard InChI is InChI=1S/C16H13Cl3O3/c1-2-21-15-7-10(8-20)6-14(19)16(15)22-9-11-12(17)4-3-5-13(11)18/h3-8H,2,9H2,1H3. The zero-order chi connectivity index (χ0) is 16.1. The lowest BCUT2D eigenvalue weighted by Gasteiger charge is -2.15. The molecule has 0 spiro atoms. The van der Waals surface area contributed by atoms with Crippen LogP contribution in [0, 0.1) is 0 Å². The molecular weight excluding hydrogens is 347 g/mol. The van der Waals surface area contributed by atoms with Crippen molar-refractivity contribution in [1.82, 2.24) is 0 Å². The number of hydrogen-bond donors (Lipinski definition) is 0. The predicted molar refractivity (Wildman–Crippen MR) is 88.8 cm³/mol. The second-order valence-electron chi connectivity index (χ2n) is 4.37. The molecule has 0 N–H and O–H groups in total. The van der Waals surface area contributed by atoms with Crippen molar-refractivity contribution in [3.8, 4) is 11.5 Å². The number of aldehydes is 1. The molecular formula is C16H13Cl3O3. The Hall–Kier alpha value is -1.42. The van der Waals surface area contributed by atoms with Crippen molar-refractivity contribution < 1.29 is 14.3 Å². The summed E-state index contributed by atoms with van der Waals surface area (Å²) >= 11 is 18.4. The molecule has 0 aliphatic heterocycles. The predicted octanol–water partition coefficient (Wildman–Crippen LogP) is 5.44. The summed E-state index contributed by atoms with van der Waals surface area (Å²) in [6.07, 6.45) is 0.698.